The lowest BCUT2D eigenvalue weighted by molar-refractivity contribution is -0.112. The Morgan fingerprint density at radius 1 is 1.64 bits per heavy atom. The quantitative estimate of drug-likeness (QED) is 0.456. The SMILES string of the molecule is CCC(C)COCCC(=O)P. The molecule has 0 radical (unpaired) electrons. The summed E-state index contributed by atoms with van der Waals surface area (Å²) < 4.78 is 5.26. The molecule has 2 atom stereocenters. The molecule has 0 aromatic rings. The molecule has 11 heavy (non-hydrogen) atoms. The minimum atomic E-state index is 0.120. The van der Waals surface area contributed by atoms with Crippen LogP contribution in [0.2, 0.25) is 0 Å². The lowest BCUT2D eigenvalue weighted by atomic mass is 10.1. The van der Waals surface area contributed by atoms with E-state index >= 15 is 0 Å². The van der Waals surface area contributed by atoms with Crippen LogP contribution in [0.3, 0.4) is 0 Å². The third-order valence-corrected chi connectivity index (χ3v) is 1.88. The van der Waals surface area contributed by atoms with Crippen molar-refractivity contribution in [2.45, 2.75) is 26.7 Å². The minimum Gasteiger partial charge on any atom is -0.381 e. The topological polar surface area (TPSA) is 26.3 Å². The molecule has 0 aliphatic carbocycles. The predicted octanol–water partition coefficient (Wildman–Crippen LogP) is 1.84. The molecule has 0 aliphatic heterocycles. The number of rotatable bonds is 6. The lowest BCUT2D eigenvalue weighted by Gasteiger charge is -2.07. The first-order valence-electron chi connectivity index (χ1n) is 4.02. The van der Waals surface area contributed by atoms with Crippen molar-refractivity contribution in [3.63, 3.8) is 0 Å². The fourth-order valence-electron chi connectivity index (χ4n) is 0.575. The Morgan fingerprint density at radius 3 is 2.73 bits per heavy atom. The average molecular weight is 176 g/mol. The van der Waals surface area contributed by atoms with E-state index in [0.29, 0.717) is 18.9 Å². The molecule has 0 bridgehead atoms. The maximum absolute atomic E-state index is 10.4. The largest absolute Gasteiger partial charge is 0.381 e. The summed E-state index contributed by atoms with van der Waals surface area (Å²) in [4.78, 5) is 10.4. The first kappa shape index (κ1) is 11.1. The number of carbonyl (C=O) groups is 1. The molecule has 0 rings (SSSR count). The zero-order valence-corrected chi connectivity index (χ0v) is 8.45. The molecule has 0 heterocycles. The third kappa shape index (κ3) is 7.96. The van der Waals surface area contributed by atoms with Crippen molar-refractivity contribution in [1.82, 2.24) is 0 Å². The van der Waals surface area contributed by atoms with Crippen LogP contribution in [0.5, 0.6) is 0 Å². The van der Waals surface area contributed by atoms with Crippen LogP contribution in [-0.2, 0) is 9.53 Å². The summed E-state index contributed by atoms with van der Waals surface area (Å²) in [5.41, 5.74) is 0.120. The molecule has 3 heteroatoms. The van der Waals surface area contributed by atoms with Crippen LogP contribution in [0.25, 0.3) is 0 Å². The molecular formula is C8H17O2P. The Labute approximate surface area is 70.9 Å². The molecule has 66 valence electrons. The van der Waals surface area contributed by atoms with E-state index in [2.05, 4.69) is 23.1 Å². The monoisotopic (exact) mass is 176 g/mol. The van der Waals surface area contributed by atoms with Crippen molar-refractivity contribution in [3.05, 3.63) is 0 Å². The second-order valence-electron chi connectivity index (χ2n) is 2.80. The molecule has 2 nitrogen and oxygen atoms in total. The van der Waals surface area contributed by atoms with E-state index in [-0.39, 0.29) is 5.52 Å². The van der Waals surface area contributed by atoms with Crippen molar-refractivity contribution in [1.29, 1.82) is 0 Å². The Morgan fingerprint density at radius 2 is 2.27 bits per heavy atom. The summed E-state index contributed by atoms with van der Waals surface area (Å²) in [5.74, 6) is 0.606. The molecule has 0 spiro atoms. The van der Waals surface area contributed by atoms with Gasteiger partial charge >= 0.3 is 0 Å². The van der Waals surface area contributed by atoms with Crippen molar-refractivity contribution in [2.24, 2.45) is 5.92 Å². The molecule has 0 aromatic carbocycles. The highest BCUT2D eigenvalue weighted by Gasteiger charge is 1.98. The maximum Gasteiger partial charge on any atom is 0.150 e. The van der Waals surface area contributed by atoms with Gasteiger partial charge in [-0.15, -0.1) is 0 Å². The summed E-state index contributed by atoms with van der Waals surface area (Å²) >= 11 is 0. The minimum absolute atomic E-state index is 0.120. The molecule has 0 fully saturated rings. The van der Waals surface area contributed by atoms with Crippen molar-refractivity contribution in [2.75, 3.05) is 13.2 Å². The predicted molar refractivity (Wildman–Crippen MR) is 49.6 cm³/mol. The molecule has 0 aliphatic rings. The standard InChI is InChI=1S/C8H17O2P/c1-3-7(2)6-10-5-4-8(9)11/h7H,3-6,11H2,1-2H3. The van der Waals surface area contributed by atoms with Crippen LogP contribution < -0.4 is 0 Å². The van der Waals surface area contributed by atoms with Gasteiger partial charge < -0.3 is 4.74 Å². The van der Waals surface area contributed by atoms with E-state index in [1.807, 2.05) is 0 Å². The molecular weight excluding hydrogens is 159 g/mol. The molecule has 0 saturated carbocycles. The van der Waals surface area contributed by atoms with Gasteiger partial charge in [0.15, 0.2) is 5.52 Å². The number of hydrogen-bond acceptors (Lipinski definition) is 2. The van der Waals surface area contributed by atoms with E-state index in [4.69, 9.17) is 4.74 Å². The van der Waals surface area contributed by atoms with Crippen LogP contribution in [0.15, 0.2) is 0 Å². The summed E-state index contributed by atoms with van der Waals surface area (Å²) in [5, 5.41) is 0. The molecule has 0 aromatic heterocycles. The Balaban J connectivity index is 3.08. The highest BCUT2D eigenvalue weighted by molar-refractivity contribution is 7.40. The van der Waals surface area contributed by atoms with Crippen molar-refractivity contribution >= 4 is 14.8 Å². The summed E-state index contributed by atoms with van der Waals surface area (Å²) in [6.45, 7) is 5.61. The normalized spacial score (nSPS) is 13.0. The van der Waals surface area contributed by atoms with Gasteiger partial charge in [-0.3, -0.25) is 4.79 Å². The zero-order valence-electron chi connectivity index (χ0n) is 7.30. The van der Waals surface area contributed by atoms with Gasteiger partial charge in [0.05, 0.1) is 6.61 Å². The summed E-state index contributed by atoms with van der Waals surface area (Å²) in [7, 11) is 2.15. The second-order valence-corrected chi connectivity index (χ2v) is 3.45. The second kappa shape index (κ2) is 6.75. The van der Waals surface area contributed by atoms with E-state index in [1.165, 1.54) is 0 Å². The Kier molecular flexibility index (Phi) is 6.79. The summed E-state index contributed by atoms with van der Waals surface area (Å²) in [6.07, 6.45) is 1.65. The molecule has 0 N–H and O–H groups in total. The first-order valence-corrected chi connectivity index (χ1v) is 4.60. The first-order chi connectivity index (χ1) is 5.16. The number of hydrogen-bond donors (Lipinski definition) is 0. The maximum atomic E-state index is 10.4. The van der Waals surface area contributed by atoms with Gasteiger partial charge in [-0.2, -0.15) is 0 Å². The Hall–Kier alpha value is 0.0600. The van der Waals surface area contributed by atoms with E-state index < -0.39 is 0 Å². The Bertz CT molecular complexity index is 115. The number of ether oxygens (including phenoxy) is 1. The molecule has 0 saturated heterocycles. The van der Waals surface area contributed by atoms with Gasteiger partial charge in [0, 0.05) is 13.0 Å². The van der Waals surface area contributed by atoms with E-state index in [1.54, 1.807) is 0 Å². The van der Waals surface area contributed by atoms with Crippen LogP contribution >= 0.6 is 9.24 Å². The van der Waals surface area contributed by atoms with Crippen LogP contribution in [0, 0.1) is 5.92 Å². The number of carbonyl (C=O) groups excluding carboxylic acids is 1. The van der Waals surface area contributed by atoms with Gasteiger partial charge in [-0.1, -0.05) is 29.5 Å². The zero-order chi connectivity index (χ0) is 8.69. The average Bonchev–Trinajstić information content (AvgIpc) is 1.97. The van der Waals surface area contributed by atoms with Crippen molar-refractivity contribution in [3.8, 4) is 0 Å². The van der Waals surface area contributed by atoms with Crippen LogP contribution in [0.1, 0.15) is 26.7 Å². The molecule has 0 amide bonds. The fraction of sp³-hybridized carbons (Fsp3) is 0.875. The fourth-order valence-corrected chi connectivity index (χ4v) is 0.693. The van der Waals surface area contributed by atoms with E-state index in [0.717, 1.165) is 13.0 Å². The van der Waals surface area contributed by atoms with Crippen molar-refractivity contribution < 1.29 is 9.53 Å². The van der Waals surface area contributed by atoms with Crippen LogP contribution in [-0.4, -0.2) is 18.7 Å². The van der Waals surface area contributed by atoms with Crippen LogP contribution in [0.4, 0.5) is 0 Å². The van der Waals surface area contributed by atoms with Gasteiger partial charge in [-0.25, -0.2) is 0 Å². The lowest BCUT2D eigenvalue weighted by Crippen LogP contribution is -2.06. The van der Waals surface area contributed by atoms with Gasteiger partial charge in [0.1, 0.15) is 0 Å². The third-order valence-electron chi connectivity index (χ3n) is 1.59. The highest BCUT2D eigenvalue weighted by Crippen LogP contribution is 2.01. The van der Waals surface area contributed by atoms with Gasteiger partial charge in [0.25, 0.3) is 0 Å². The smallest absolute Gasteiger partial charge is 0.150 e. The van der Waals surface area contributed by atoms with Gasteiger partial charge in [0.2, 0.25) is 0 Å². The molecule has 2 unspecified atom stereocenters. The highest BCUT2D eigenvalue weighted by atomic mass is 31.0. The van der Waals surface area contributed by atoms with Gasteiger partial charge in [-0.05, 0) is 5.92 Å². The van der Waals surface area contributed by atoms with E-state index in [9.17, 15) is 4.79 Å². The summed E-state index contributed by atoms with van der Waals surface area (Å²) in [6, 6.07) is 0.